The number of amides is 1. The van der Waals surface area contributed by atoms with E-state index in [1.807, 2.05) is 18.2 Å². The summed E-state index contributed by atoms with van der Waals surface area (Å²) in [6.45, 7) is 6.62. The van der Waals surface area contributed by atoms with E-state index in [4.69, 9.17) is 15.6 Å². The van der Waals surface area contributed by atoms with E-state index < -0.39 is 5.95 Å². The molecule has 0 unspecified atom stereocenters. The molecule has 4 heterocycles. The monoisotopic (exact) mass is 534 g/mol. The van der Waals surface area contributed by atoms with E-state index in [0.29, 0.717) is 36.6 Å². The zero-order valence-corrected chi connectivity index (χ0v) is 22.3. The number of aliphatic hydroxyl groups excluding tert-OH is 1. The van der Waals surface area contributed by atoms with Crippen LogP contribution in [0, 0.1) is 5.95 Å². The topological polar surface area (TPSA) is 117 Å². The highest BCUT2D eigenvalue weighted by Gasteiger charge is 2.23. The number of carbonyl (C=O) groups excluding carboxylic acids is 1. The highest BCUT2D eigenvalue weighted by Crippen LogP contribution is 2.33. The van der Waals surface area contributed by atoms with Crippen molar-refractivity contribution < 1.29 is 19.0 Å². The normalized spacial score (nSPS) is 17.3. The van der Waals surface area contributed by atoms with Gasteiger partial charge in [-0.15, -0.1) is 0 Å². The van der Waals surface area contributed by atoms with Crippen LogP contribution in [0.5, 0.6) is 0 Å². The van der Waals surface area contributed by atoms with Crippen LogP contribution in [0.3, 0.4) is 0 Å². The number of nitrogen functional groups attached to an aromatic ring is 1. The van der Waals surface area contributed by atoms with Gasteiger partial charge in [0.05, 0.1) is 13.2 Å². The zero-order chi connectivity index (χ0) is 27.4. The summed E-state index contributed by atoms with van der Waals surface area (Å²) in [5.74, 6) is -0.744. The standard InChI is InChI=1S/C28H31FN6O2.CH4O/c29-26-24(32-25(27(30)33-26)20-3-5-22-18(15-20)7-8-31-28(22)36)19-4-6-23(35-11-13-37-14-12-35)21(16-19)17-34-9-1-2-10-34;1-2/h3-6,15-16H,1-2,7-14,17H2,(H2,30,33)(H,31,36);2H,1H3. The van der Waals surface area contributed by atoms with Crippen molar-refractivity contribution in [3.05, 3.63) is 59.0 Å². The number of nitrogens with one attached hydrogen (secondary N) is 1. The molecule has 0 saturated carbocycles. The van der Waals surface area contributed by atoms with Gasteiger partial charge in [0.2, 0.25) is 5.95 Å². The molecule has 0 bridgehead atoms. The SMILES string of the molecule is CO.Nc1nc(F)c(-c2ccc(N3CCOCC3)c(CN3CCCC3)c2)nc1-c1ccc2c(c1)CCNC2=O. The maximum Gasteiger partial charge on any atom is 0.251 e. The number of anilines is 2. The van der Waals surface area contributed by atoms with Crippen LogP contribution in [-0.4, -0.2) is 78.9 Å². The van der Waals surface area contributed by atoms with E-state index in [2.05, 4.69) is 31.2 Å². The summed E-state index contributed by atoms with van der Waals surface area (Å²) < 4.78 is 20.8. The molecule has 0 aliphatic carbocycles. The predicted molar refractivity (Wildman–Crippen MR) is 149 cm³/mol. The number of fused-ring (bicyclic) bond motifs is 1. The summed E-state index contributed by atoms with van der Waals surface area (Å²) in [6.07, 6.45) is 3.13. The summed E-state index contributed by atoms with van der Waals surface area (Å²) in [7, 11) is 1.00. The molecule has 10 heteroatoms. The predicted octanol–water partition coefficient (Wildman–Crippen LogP) is 2.86. The maximum absolute atomic E-state index is 15.2. The molecular weight excluding hydrogens is 499 g/mol. The lowest BCUT2D eigenvalue weighted by molar-refractivity contribution is 0.0946. The minimum atomic E-state index is -0.690. The molecule has 2 saturated heterocycles. The number of nitrogens with two attached hydrogens (primary N) is 1. The van der Waals surface area contributed by atoms with Gasteiger partial charge in [0.25, 0.3) is 5.91 Å². The first-order valence-electron chi connectivity index (χ1n) is 13.4. The molecule has 2 aromatic carbocycles. The van der Waals surface area contributed by atoms with Crippen molar-refractivity contribution >= 4 is 17.4 Å². The van der Waals surface area contributed by atoms with Crippen LogP contribution in [0.25, 0.3) is 22.5 Å². The second-order valence-corrected chi connectivity index (χ2v) is 9.90. The van der Waals surface area contributed by atoms with Crippen LogP contribution >= 0.6 is 0 Å². The minimum absolute atomic E-state index is 0.0312. The van der Waals surface area contributed by atoms with Crippen LogP contribution < -0.4 is 16.0 Å². The molecule has 3 aliphatic heterocycles. The molecule has 206 valence electrons. The molecule has 9 nitrogen and oxygen atoms in total. The average Bonchev–Trinajstić information content (AvgIpc) is 3.48. The Hall–Kier alpha value is -3.60. The number of likely N-dealkylation sites (tertiary alicyclic amines) is 1. The van der Waals surface area contributed by atoms with Crippen molar-refractivity contribution in [3.8, 4) is 22.5 Å². The number of benzene rings is 2. The first-order valence-corrected chi connectivity index (χ1v) is 13.4. The van der Waals surface area contributed by atoms with Crippen molar-refractivity contribution in [2.45, 2.75) is 25.8 Å². The van der Waals surface area contributed by atoms with Gasteiger partial charge in [0, 0.05) is 55.7 Å². The number of morpholine rings is 1. The van der Waals surface area contributed by atoms with Crippen molar-refractivity contribution in [2.24, 2.45) is 0 Å². The highest BCUT2D eigenvalue weighted by molar-refractivity contribution is 5.97. The lowest BCUT2D eigenvalue weighted by Crippen LogP contribution is -2.37. The number of hydrogen-bond acceptors (Lipinski definition) is 8. The Morgan fingerprint density at radius 1 is 1.00 bits per heavy atom. The molecule has 0 radical (unpaired) electrons. The molecule has 0 atom stereocenters. The molecule has 1 amide bonds. The summed E-state index contributed by atoms with van der Waals surface area (Å²) in [6, 6.07) is 11.5. The van der Waals surface area contributed by atoms with E-state index in [0.717, 1.165) is 68.6 Å². The van der Waals surface area contributed by atoms with Gasteiger partial charge < -0.3 is 25.8 Å². The van der Waals surface area contributed by atoms with Crippen LogP contribution in [0.15, 0.2) is 36.4 Å². The number of carbonyl (C=O) groups is 1. The fraction of sp³-hybridized carbons (Fsp3) is 0.414. The van der Waals surface area contributed by atoms with Gasteiger partial charge in [-0.1, -0.05) is 12.1 Å². The molecule has 6 rings (SSSR count). The molecule has 4 N–H and O–H groups in total. The smallest absolute Gasteiger partial charge is 0.251 e. The van der Waals surface area contributed by atoms with E-state index in [9.17, 15) is 4.79 Å². The van der Waals surface area contributed by atoms with Crippen molar-refractivity contribution in [1.82, 2.24) is 20.2 Å². The number of nitrogens with zero attached hydrogens (tertiary/aromatic N) is 4. The molecule has 39 heavy (non-hydrogen) atoms. The quantitative estimate of drug-likeness (QED) is 0.458. The Morgan fingerprint density at radius 3 is 2.49 bits per heavy atom. The van der Waals surface area contributed by atoms with E-state index in [1.54, 1.807) is 12.1 Å². The van der Waals surface area contributed by atoms with Gasteiger partial charge in [-0.3, -0.25) is 9.69 Å². The fourth-order valence-corrected chi connectivity index (χ4v) is 5.55. The first kappa shape index (κ1) is 27.0. The number of aromatic nitrogens is 2. The van der Waals surface area contributed by atoms with Crippen molar-refractivity contribution in [1.29, 1.82) is 0 Å². The molecule has 2 fully saturated rings. The van der Waals surface area contributed by atoms with E-state index in [1.165, 1.54) is 12.8 Å². The molecule has 1 aromatic heterocycles. The number of halogens is 1. The highest BCUT2D eigenvalue weighted by atomic mass is 19.1. The third-order valence-electron chi connectivity index (χ3n) is 7.48. The Bertz CT molecular complexity index is 1340. The zero-order valence-electron chi connectivity index (χ0n) is 22.3. The Morgan fingerprint density at radius 2 is 1.72 bits per heavy atom. The molecule has 3 aliphatic rings. The van der Waals surface area contributed by atoms with E-state index >= 15 is 4.39 Å². The van der Waals surface area contributed by atoms with Crippen LogP contribution in [0.1, 0.15) is 34.3 Å². The Labute approximate surface area is 227 Å². The fourth-order valence-electron chi connectivity index (χ4n) is 5.55. The second kappa shape index (κ2) is 12.1. The number of hydrogen-bond donors (Lipinski definition) is 3. The first-order chi connectivity index (χ1) is 19.1. The van der Waals surface area contributed by atoms with Gasteiger partial charge in [-0.05, 0) is 67.7 Å². The summed E-state index contributed by atoms with van der Waals surface area (Å²) in [5, 5.41) is 9.85. The Balaban J connectivity index is 0.00000151. The summed E-state index contributed by atoms with van der Waals surface area (Å²) in [5.41, 5.74) is 12.0. The van der Waals surface area contributed by atoms with Gasteiger partial charge in [-0.2, -0.15) is 9.37 Å². The van der Waals surface area contributed by atoms with Crippen LogP contribution in [-0.2, 0) is 17.7 Å². The average molecular weight is 535 g/mol. The van der Waals surface area contributed by atoms with Crippen LogP contribution in [0.2, 0.25) is 0 Å². The van der Waals surface area contributed by atoms with Crippen molar-refractivity contribution in [3.63, 3.8) is 0 Å². The summed E-state index contributed by atoms with van der Waals surface area (Å²) in [4.78, 5) is 25.7. The van der Waals surface area contributed by atoms with Gasteiger partial charge in [0.1, 0.15) is 11.4 Å². The Kier molecular flexibility index (Phi) is 8.35. The largest absolute Gasteiger partial charge is 0.400 e. The number of aliphatic hydroxyl groups is 1. The number of ether oxygens (including phenoxy) is 1. The maximum atomic E-state index is 15.2. The second-order valence-electron chi connectivity index (χ2n) is 9.90. The van der Waals surface area contributed by atoms with Crippen molar-refractivity contribution in [2.75, 3.05) is 63.7 Å². The van der Waals surface area contributed by atoms with Crippen LogP contribution in [0.4, 0.5) is 15.9 Å². The third-order valence-corrected chi connectivity index (χ3v) is 7.48. The number of rotatable bonds is 5. The minimum Gasteiger partial charge on any atom is -0.400 e. The van der Waals surface area contributed by atoms with E-state index in [-0.39, 0.29) is 17.4 Å². The summed E-state index contributed by atoms with van der Waals surface area (Å²) >= 11 is 0. The third kappa shape index (κ3) is 5.73. The molecular formula is C29H35FN6O3. The van der Waals surface area contributed by atoms with Gasteiger partial charge in [0.15, 0.2) is 5.82 Å². The van der Waals surface area contributed by atoms with Gasteiger partial charge >= 0.3 is 0 Å². The molecule has 3 aromatic rings. The lowest BCUT2D eigenvalue weighted by atomic mass is 9.96. The molecule has 0 spiro atoms. The lowest BCUT2D eigenvalue weighted by Gasteiger charge is -2.31. The van der Waals surface area contributed by atoms with Gasteiger partial charge in [-0.25, -0.2) is 4.98 Å².